The summed E-state index contributed by atoms with van der Waals surface area (Å²) in [5, 5.41) is 31.1. The largest absolute Gasteiger partial charge is 0.513 e. The summed E-state index contributed by atoms with van der Waals surface area (Å²) in [6.07, 6.45) is -0.783. The molecule has 0 unspecified atom stereocenters. The summed E-state index contributed by atoms with van der Waals surface area (Å²) in [6, 6.07) is 33.2. The number of hydrogen-bond donors (Lipinski definition) is 1. The second-order valence-electron chi connectivity index (χ2n) is 8.61. The number of anilines is 1. The molecule has 0 aromatic heterocycles. The lowest BCUT2D eigenvalue weighted by molar-refractivity contribution is 0.121. The highest BCUT2D eigenvalue weighted by Gasteiger charge is 2.06. The number of benzene rings is 5. The minimum atomic E-state index is -0.783. The van der Waals surface area contributed by atoms with E-state index in [1.165, 1.54) is 7.11 Å². The highest BCUT2D eigenvalue weighted by atomic mass is 16.7. The van der Waals surface area contributed by atoms with E-state index in [9.17, 15) is 4.79 Å². The fraction of sp³-hybridized carbons (Fsp3) is 0.0645. The van der Waals surface area contributed by atoms with E-state index in [2.05, 4.69) is 40.7 Å². The second kappa shape index (κ2) is 12.9. The molecule has 0 aliphatic rings. The lowest BCUT2D eigenvalue weighted by Crippen LogP contribution is -2.06. The maximum atomic E-state index is 11.2. The SMILES string of the molecule is CNc1ccc(N=Nc2ccc(N=Nc3ccc(N=Nc4ccc(OC(=O)OC)cc4)c4ccccc34)cc2)cc1. The van der Waals surface area contributed by atoms with Crippen molar-refractivity contribution in [1.29, 1.82) is 0 Å². The van der Waals surface area contributed by atoms with Gasteiger partial charge in [0.05, 0.1) is 41.2 Å². The number of nitrogens with zero attached hydrogens (tertiary/aromatic N) is 6. The number of carbonyl (C=O) groups excluding carboxylic acids is 1. The molecule has 0 fully saturated rings. The molecule has 0 spiro atoms. The van der Waals surface area contributed by atoms with Gasteiger partial charge in [-0.1, -0.05) is 24.3 Å². The van der Waals surface area contributed by atoms with Gasteiger partial charge in [-0.05, 0) is 84.9 Å². The Morgan fingerprint density at radius 3 is 1.41 bits per heavy atom. The number of carbonyl (C=O) groups is 1. The van der Waals surface area contributed by atoms with E-state index in [0.717, 1.165) is 22.1 Å². The van der Waals surface area contributed by atoms with Gasteiger partial charge in [-0.2, -0.15) is 20.5 Å². The molecule has 0 saturated carbocycles. The van der Waals surface area contributed by atoms with Gasteiger partial charge in [0, 0.05) is 23.5 Å². The topological polar surface area (TPSA) is 122 Å². The monoisotopic (exact) mass is 543 g/mol. The van der Waals surface area contributed by atoms with Crippen molar-refractivity contribution in [2.45, 2.75) is 0 Å². The van der Waals surface area contributed by atoms with Gasteiger partial charge >= 0.3 is 6.16 Å². The molecule has 0 aliphatic heterocycles. The molecule has 202 valence electrons. The van der Waals surface area contributed by atoms with Crippen LogP contribution >= 0.6 is 0 Å². The summed E-state index contributed by atoms with van der Waals surface area (Å²) in [5.41, 5.74) is 5.18. The van der Waals surface area contributed by atoms with Crippen molar-refractivity contribution < 1.29 is 14.3 Å². The highest BCUT2D eigenvalue weighted by Crippen LogP contribution is 2.35. The quantitative estimate of drug-likeness (QED) is 0.119. The fourth-order valence-electron chi connectivity index (χ4n) is 3.78. The Labute approximate surface area is 236 Å². The molecule has 0 bridgehead atoms. The van der Waals surface area contributed by atoms with Crippen LogP contribution in [0.4, 0.5) is 44.6 Å². The van der Waals surface area contributed by atoms with Crippen LogP contribution in [0.3, 0.4) is 0 Å². The van der Waals surface area contributed by atoms with Crippen molar-refractivity contribution in [3.8, 4) is 5.75 Å². The summed E-state index contributed by atoms with van der Waals surface area (Å²) in [4.78, 5) is 11.2. The van der Waals surface area contributed by atoms with E-state index in [1.54, 1.807) is 24.3 Å². The lowest BCUT2D eigenvalue weighted by Gasteiger charge is -2.04. The first kappa shape index (κ1) is 26.8. The van der Waals surface area contributed by atoms with Crippen LogP contribution in [0.25, 0.3) is 10.8 Å². The number of hydrogen-bond acceptors (Lipinski definition) is 10. The van der Waals surface area contributed by atoms with E-state index < -0.39 is 6.16 Å². The Kier molecular flexibility index (Phi) is 8.41. The lowest BCUT2D eigenvalue weighted by atomic mass is 10.1. The fourth-order valence-corrected chi connectivity index (χ4v) is 3.78. The molecular formula is C31H25N7O3. The van der Waals surface area contributed by atoms with Gasteiger partial charge in [0.15, 0.2) is 0 Å². The smallest absolute Gasteiger partial charge is 0.437 e. The van der Waals surface area contributed by atoms with E-state index in [-0.39, 0.29) is 0 Å². The minimum Gasteiger partial charge on any atom is -0.437 e. The Balaban J connectivity index is 1.29. The van der Waals surface area contributed by atoms with Crippen LogP contribution in [0.1, 0.15) is 0 Å². The number of fused-ring (bicyclic) bond motifs is 1. The number of rotatable bonds is 8. The average Bonchev–Trinajstić information content (AvgIpc) is 3.03. The van der Waals surface area contributed by atoms with Gasteiger partial charge in [-0.3, -0.25) is 0 Å². The Morgan fingerprint density at radius 2 is 0.976 bits per heavy atom. The number of azo groups is 3. The third-order valence-corrected chi connectivity index (χ3v) is 5.92. The van der Waals surface area contributed by atoms with Crippen LogP contribution in [0, 0.1) is 0 Å². The Morgan fingerprint density at radius 1 is 0.561 bits per heavy atom. The number of nitrogens with one attached hydrogen (secondary N) is 1. The van der Waals surface area contributed by atoms with Crippen LogP contribution in [0.15, 0.2) is 140 Å². The van der Waals surface area contributed by atoms with E-state index in [0.29, 0.717) is 34.2 Å². The molecule has 1 N–H and O–H groups in total. The molecule has 10 heteroatoms. The molecule has 0 saturated heterocycles. The summed E-state index contributed by atoms with van der Waals surface area (Å²) in [6.45, 7) is 0. The highest BCUT2D eigenvalue weighted by molar-refractivity contribution is 5.99. The van der Waals surface area contributed by atoms with Crippen LogP contribution < -0.4 is 10.1 Å². The first-order valence-corrected chi connectivity index (χ1v) is 12.6. The number of methoxy groups -OCH3 is 1. The maximum Gasteiger partial charge on any atom is 0.513 e. The van der Waals surface area contributed by atoms with Crippen molar-refractivity contribution in [3.05, 3.63) is 109 Å². The van der Waals surface area contributed by atoms with Crippen LogP contribution in [-0.4, -0.2) is 20.3 Å². The first-order chi connectivity index (χ1) is 20.1. The van der Waals surface area contributed by atoms with Gasteiger partial charge in [-0.15, -0.1) is 10.2 Å². The molecule has 0 heterocycles. The summed E-state index contributed by atoms with van der Waals surface area (Å²) < 4.78 is 9.47. The average molecular weight is 544 g/mol. The molecule has 10 nitrogen and oxygen atoms in total. The molecular weight excluding hydrogens is 518 g/mol. The molecule has 0 aliphatic carbocycles. The van der Waals surface area contributed by atoms with Crippen molar-refractivity contribution in [2.75, 3.05) is 19.5 Å². The molecule has 41 heavy (non-hydrogen) atoms. The Bertz CT molecular complexity index is 1730. The van der Waals surface area contributed by atoms with E-state index in [1.807, 2.05) is 92.0 Å². The molecule has 0 radical (unpaired) electrons. The third-order valence-electron chi connectivity index (χ3n) is 5.92. The van der Waals surface area contributed by atoms with Gasteiger partial charge < -0.3 is 14.8 Å². The summed E-state index contributed by atoms with van der Waals surface area (Å²) >= 11 is 0. The standard InChI is InChI=1S/C31H25N7O3/c1-32-21-7-9-22(10-8-21)33-34-23-11-13-24(14-12-23)35-37-29-19-20-30(28-6-4-3-5-27(28)29)38-36-25-15-17-26(18-16-25)41-31(39)40-2/h3-20,32H,1-2H3. The normalized spacial score (nSPS) is 11.5. The zero-order chi connectivity index (χ0) is 28.4. The summed E-state index contributed by atoms with van der Waals surface area (Å²) in [7, 11) is 3.12. The third kappa shape index (κ3) is 7.01. The van der Waals surface area contributed by atoms with Gasteiger partial charge in [0.25, 0.3) is 0 Å². The van der Waals surface area contributed by atoms with Crippen molar-refractivity contribution >= 4 is 56.7 Å². The maximum absolute atomic E-state index is 11.2. The van der Waals surface area contributed by atoms with Crippen LogP contribution in [0.2, 0.25) is 0 Å². The molecule has 5 rings (SSSR count). The zero-order valence-corrected chi connectivity index (χ0v) is 22.3. The predicted octanol–water partition coefficient (Wildman–Crippen LogP) is 10.3. The first-order valence-electron chi connectivity index (χ1n) is 12.6. The zero-order valence-electron chi connectivity index (χ0n) is 22.3. The van der Waals surface area contributed by atoms with Gasteiger partial charge in [0.1, 0.15) is 5.75 Å². The predicted molar refractivity (Wildman–Crippen MR) is 158 cm³/mol. The Hall–Kier alpha value is -5.77. The molecule has 0 atom stereocenters. The van der Waals surface area contributed by atoms with Crippen LogP contribution in [-0.2, 0) is 4.74 Å². The van der Waals surface area contributed by atoms with Crippen molar-refractivity contribution in [2.24, 2.45) is 30.7 Å². The van der Waals surface area contributed by atoms with Crippen molar-refractivity contribution in [1.82, 2.24) is 0 Å². The van der Waals surface area contributed by atoms with Gasteiger partial charge in [0.2, 0.25) is 0 Å². The van der Waals surface area contributed by atoms with Crippen LogP contribution in [0.5, 0.6) is 5.75 Å². The van der Waals surface area contributed by atoms with Gasteiger partial charge in [-0.25, -0.2) is 4.79 Å². The van der Waals surface area contributed by atoms with Crippen molar-refractivity contribution in [3.63, 3.8) is 0 Å². The number of ether oxygens (including phenoxy) is 2. The molecule has 0 amide bonds. The minimum absolute atomic E-state index is 0.352. The molecule has 5 aromatic carbocycles. The molecule has 5 aromatic rings. The van der Waals surface area contributed by atoms with E-state index >= 15 is 0 Å². The summed E-state index contributed by atoms with van der Waals surface area (Å²) in [5.74, 6) is 0.352. The van der Waals surface area contributed by atoms with E-state index in [4.69, 9.17) is 4.74 Å². The second-order valence-corrected chi connectivity index (χ2v) is 8.61.